The van der Waals surface area contributed by atoms with Crippen LogP contribution in [0.5, 0.6) is 0 Å². The molecule has 0 saturated carbocycles. The maximum atomic E-state index is 12.6. The van der Waals surface area contributed by atoms with Gasteiger partial charge in [-0.05, 0) is 18.2 Å². The highest BCUT2D eigenvalue weighted by atomic mass is 19.4. The average molecular weight is 278 g/mol. The van der Waals surface area contributed by atoms with E-state index in [4.69, 9.17) is 5.73 Å². The molecule has 1 aromatic carbocycles. The van der Waals surface area contributed by atoms with Crippen molar-refractivity contribution >= 4 is 16.5 Å². The third-order valence-electron chi connectivity index (χ3n) is 2.97. The number of aromatic nitrogens is 3. The first-order chi connectivity index (χ1) is 9.47. The Morgan fingerprint density at radius 1 is 1.10 bits per heavy atom. The summed E-state index contributed by atoms with van der Waals surface area (Å²) in [5, 5.41) is 5.06. The number of hydrogen-bond donors (Lipinski definition) is 1. The number of alkyl halides is 3. The van der Waals surface area contributed by atoms with E-state index in [-0.39, 0.29) is 0 Å². The quantitative estimate of drug-likeness (QED) is 0.696. The van der Waals surface area contributed by atoms with Crippen molar-refractivity contribution in [1.29, 1.82) is 0 Å². The van der Waals surface area contributed by atoms with Gasteiger partial charge in [-0.25, -0.2) is 4.68 Å². The Balaban J connectivity index is 2.15. The zero-order valence-corrected chi connectivity index (χ0v) is 10.1. The van der Waals surface area contributed by atoms with Gasteiger partial charge < -0.3 is 5.73 Å². The third kappa shape index (κ3) is 1.97. The van der Waals surface area contributed by atoms with Crippen LogP contribution in [0.15, 0.2) is 42.9 Å². The number of halogens is 3. The first-order valence-electron chi connectivity index (χ1n) is 5.72. The van der Waals surface area contributed by atoms with Gasteiger partial charge in [0.15, 0.2) is 5.69 Å². The molecule has 0 aliphatic rings. The minimum Gasteiger partial charge on any atom is -0.396 e. The van der Waals surface area contributed by atoms with Crippen molar-refractivity contribution in [3.05, 3.63) is 48.5 Å². The van der Waals surface area contributed by atoms with Crippen molar-refractivity contribution in [2.24, 2.45) is 0 Å². The number of nitrogens with two attached hydrogens (primary N) is 1. The van der Waals surface area contributed by atoms with E-state index in [1.165, 1.54) is 6.20 Å². The van der Waals surface area contributed by atoms with Gasteiger partial charge >= 0.3 is 6.18 Å². The predicted molar refractivity (Wildman–Crippen MR) is 68.3 cm³/mol. The smallest absolute Gasteiger partial charge is 0.396 e. The Labute approximate surface area is 111 Å². The Morgan fingerprint density at radius 2 is 1.90 bits per heavy atom. The van der Waals surface area contributed by atoms with E-state index in [1.54, 1.807) is 30.6 Å². The first-order valence-corrected chi connectivity index (χ1v) is 5.72. The third-order valence-corrected chi connectivity index (χ3v) is 2.97. The van der Waals surface area contributed by atoms with Crippen LogP contribution in [0.1, 0.15) is 5.69 Å². The zero-order chi connectivity index (χ0) is 14.3. The van der Waals surface area contributed by atoms with Crippen molar-refractivity contribution in [2.75, 3.05) is 5.73 Å². The van der Waals surface area contributed by atoms with Crippen molar-refractivity contribution in [2.45, 2.75) is 6.18 Å². The SMILES string of the molecule is Nc1c(-n2ccc(C(F)(F)F)n2)ccc2cnccc12. The minimum absolute atomic E-state index is 0.363. The fraction of sp³-hybridized carbons (Fsp3) is 0.0769. The summed E-state index contributed by atoms with van der Waals surface area (Å²) in [7, 11) is 0. The second kappa shape index (κ2) is 4.22. The molecule has 7 heteroatoms. The van der Waals surface area contributed by atoms with Gasteiger partial charge in [0.2, 0.25) is 0 Å². The lowest BCUT2D eigenvalue weighted by Crippen LogP contribution is -2.08. The van der Waals surface area contributed by atoms with Gasteiger partial charge in [-0.15, -0.1) is 0 Å². The molecule has 2 heterocycles. The molecule has 20 heavy (non-hydrogen) atoms. The molecule has 0 saturated heterocycles. The number of rotatable bonds is 1. The first kappa shape index (κ1) is 12.5. The summed E-state index contributed by atoms with van der Waals surface area (Å²) in [5.74, 6) is 0. The van der Waals surface area contributed by atoms with E-state index in [2.05, 4.69) is 10.1 Å². The highest BCUT2D eigenvalue weighted by Crippen LogP contribution is 2.30. The van der Waals surface area contributed by atoms with E-state index in [0.717, 1.165) is 21.5 Å². The van der Waals surface area contributed by atoms with Crippen LogP contribution in [-0.4, -0.2) is 14.8 Å². The molecule has 3 rings (SSSR count). The molecule has 0 aliphatic carbocycles. The molecule has 0 radical (unpaired) electrons. The summed E-state index contributed by atoms with van der Waals surface area (Å²) in [4.78, 5) is 3.97. The number of anilines is 1. The van der Waals surface area contributed by atoms with Crippen molar-refractivity contribution < 1.29 is 13.2 Å². The summed E-state index contributed by atoms with van der Waals surface area (Å²) < 4.78 is 38.8. The van der Waals surface area contributed by atoms with Crippen LogP contribution in [0.4, 0.5) is 18.9 Å². The number of hydrogen-bond acceptors (Lipinski definition) is 3. The number of pyridine rings is 1. The predicted octanol–water partition coefficient (Wildman–Crippen LogP) is 3.02. The number of nitrogen functional groups attached to an aromatic ring is 1. The molecule has 3 aromatic rings. The van der Waals surface area contributed by atoms with Crippen LogP contribution in [0.25, 0.3) is 16.5 Å². The second-order valence-electron chi connectivity index (χ2n) is 4.24. The van der Waals surface area contributed by atoms with E-state index >= 15 is 0 Å². The highest BCUT2D eigenvalue weighted by Gasteiger charge is 2.33. The lowest BCUT2D eigenvalue weighted by Gasteiger charge is -2.09. The molecular weight excluding hydrogens is 269 g/mol. The van der Waals surface area contributed by atoms with Crippen LogP contribution < -0.4 is 5.73 Å². The maximum Gasteiger partial charge on any atom is 0.435 e. The van der Waals surface area contributed by atoms with E-state index in [0.29, 0.717) is 11.4 Å². The van der Waals surface area contributed by atoms with E-state index in [9.17, 15) is 13.2 Å². The second-order valence-corrected chi connectivity index (χ2v) is 4.24. The van der Waals surface area contributed by atoms with Crippen LogP contribution in [-0.2, 0) is 6.18 Å². The lowest BCUT2D eigenvalue weighted by atomic mass is 10.1. The van der Waals surface area contributed by atoms with Gasteiger partial charge in [-0.3, -0.25) is 4.98 Å². The van der Waals surface area contributed by atoms with Crippen LogP contribution in [0, 0.1) is 0 Å². The Hall–Kier alpha value is -2.57. The fourth-order valence-corrected chi connectivity index (χ4v) is 1.99. The number of nitrogens with zero attached hydrogens (tertiary/aromatic N) is 3. The Bertz CT molecular complexity index is 777. The zero-order valence-electron chi connectivity index (χ0n) is 10.1. The molecule has 0 unspecified atom stereocenters. The van der Waals surface area contributed by atoms with E-state index in [1.807, 2.05) is 0 Å². The normalized spacial score (nSPS) is 11.9. The molecule has 4 nitrogen and oxygen atoms in total. The van der Waals surface area contributed by atoms with Crippen molar-refractivity contribution in [3.8, 4) is 5.69 Å². The average Bonchev–Trinajstić information content (AvgIpc) is 2.89. The van der Waals surface area contributed by atoms with Gasteiger partial charge in [0.05, 0.1) is 11.4 Å². The van der Waals surface area contributed by atoms with Crippen LogP contribution in [0.2, 0.25) is 0 Å². The van der Waals surface area contributed by atoms with Crippen LogP contribution in [0.3, 0.4) is 0 Å². The molecule has 102 valence electrons. The highest BCUT2D eigenvalue weighted by molar-refractivity contribution is 5.96. The molecule has 0 atom stereocenters. The summed E-state index contributed by atoms with van der Waals surface area (Å²) >= 11 is 0. The topological polar surface area (TPSA) is 56.7 Å². The monoisotopic (exact) mass is 278 g/mol. The van der Waals surface area contributed by atoms with Crippen molar-refractivity contribution in [1.82, 2.24) is 14.8 Å². The lowest BCUT2D eigenvalue weighted by molar-refractivity contribution is -0.141. The number of fused-ring (bicyclic) bond motifs is 1. The largest absolute Gasteiger partial charge is 0.435 e. The summed E-state index contributed by atoms with van der Waals surface area (Å²) in [6.45, 7) is 0. The fourth-order valence-electron chi connectivity index (χ4n) is 1.99. The maximum absolute atomic E-state index is 12.6. The standard InChI is InChI=1S/C13H9F3N4/c14-13(15,16)11-4-6-20(19-11)10-2-1-8-7-18-5-3-9(8)12(10)17/h1-7H,17H2. The molecule has 0 amide bonds. The van der Waals surface area contributed by atoms with Gasteiger partial charge in [-0.2, -0.15) is 18.3 Å². The molecule has 2 N–H and O–H groups in total. The minimum atomic E-state index is -4.47. The molecule has 0 spiro atoms. The molecule has 0 fully saturated rings. The molecule has 0 bridgehead atoms. The molecule has 2 aromatic heterocycles. The summed E-state index contributed by atoms with van der Waals surface area (Å²) in [6, 6.07) is 5.98. The number of benzene rings is 1. The summed E-state index contributed by atoms with van der Waals surface area (Å²) in [6.07, 6.45) is -0.0191. The summed E-state index contributed by atoms with van der Waals surface area (Å²) in [5.41, 5.74) is 5.81. The molecular formula is C13H9F3N4. The van der Waals surface area contributed by atoms with Crippen molar-refractivity contribution in [3.63, 3.8) is 0 Å². The van der Waals surface area contributed by atoms with Gasteiger partial charge in [0, 0.05) is 29.4 Å². The van der Waals surface area contributed by atoms with Gasteiger partial charge in [0.25, 0.3) is 0 Å². The Morgan fingerprint density at radius 3 is 2.60 bits per heavy atom. The van der Waals surface area contributed by atoms with E-state index < -0.39 is 11.9 Å². The Kier molecular flexibility index (Phi) is 2.63. The van der Waals surface area contributed by atoms with Gasteiger partial charge in [-0.1, -0.05) is 6.07 Å². The van der Waals surface area contributed by atoms with Gasteiger partial charge in [0.1, 0.15) is 0 Å². The molecule has 0 aliphatic heterocycles. The van der Waals surface area contributed by atoms with Crippen LogP contribution >= 0.6 is 0 Å².